The molecule has 0 aliphatic carbocycles. The molecule has 3 rings (SSSR count). The van der Waals surface area contributed by atoms with E-state index in [1.807, 2.05) is 62.4 Å². The summed E-state index contributed by atoms with van der Waals surface area (Å²) < 4.78 is 5.77. The summed E-state index contributed by atoms with van der Waals surface area (Å²) in [5.41, 5.74) is 6.75. The van der Waals surface area contributed by atoms with Gasteiger partial charge in [-0.3, -0.25) is 5.43 Å². The maximum Gasteiger partial charge on any atom is 0.147 e. The third-order valence-electron chi connectivity index (χ3n) is 3.64. The highest BCUT2D eigenvalue weighted by Crippen LogP contribution is 2.26. The van der Waals surface area contributed by atoms with Crippen molar-refractivity contribution in [2.45, 2.75) is 13.8 Å². The van der Waals surface area contributed by atoms with Gasteiger partial charge >= 0.3 is 0 Å². The standard InChI is InChI=1S/C19H16Cl2N2O/c1-12-3-5-14(9-17(12)20)19-8-7-16(24-19)11-22-23-15-6-4-13(2)18(21)10-15/h3-11,23H,1-2H3. The lowest BCUT2D eigenvalue weighted by Crippen LogP contribution is -1.90. The Kier molecular flexibility index (Phi) is 4.93. The summed E-state index contributed by atoms with van der Waals surface area (Å²) in [5.74, 6) is 1.39. The fraction of sp³-hybridized carbons (Fsp3) is 0.105. The van der Waals surface area contributed by atoms with Crippen molar-refractivity contribution in [1.82, 2.24) is 0 Å². The number of hydrogen-bond donors (Lipinski definition) is 1. The predicted octanol–water partition coefficient (Wildman–Crippen LogP) is 6.32. The Hall–Kier alpha value is -2.23. The van der Waals surface area contributed by atoms with Crippen molar-refractivity contribution >= 4 is 35.1 Å². The molecule has 1 aromatic heterocycles. The molecule has 1 heterocycles. The van der Waals surface area contributed by atoms with Crippen LogP contribution in [-0.2, 0) is 0 Å². The van der Waals surface area contributed by atoms with Gasteiger partial charge in [0.1, 0.15) is 11.5 Å². The lowest BCUT2D eigenvalue weighted by Gasteiger charge is -2.02. The van der Waals surface area contributed by atoms with Crippen molar-refractivity contribution < 1.29 is 4.42 Å². The molecule has 0 aliphatic heterocycles. The summed E-state index contributed by atoms with van der Waals surface area (Å²) in [7, 11) is 0. The predicted molar refractivity (Wildman–Crippen MR) is 101 cm³/mol. The van der Waals surface area contributed by atoms with Crippen LogP contribution >= 0.6 is 23.2 Å². The molecule has 122 valence electrons. The molecule has 0 unspecified atom stereocenters. The topological polar surface area (TPSA) is 37.5 Å². The summed E-state index contributed by atoms with van der Waals surface area (Å²) in [4.78, 5) is 0. The van der Waals surface area contributed by atoms with E-state index in [0.717, 1.165) is 33.2 Å². The van der Waals surface area contributed by atoms with Gasteiger partial charge in [0.15, 0.2) is 0 Å². The molecule has 0 fully saturated rings. The number of aryl methyl sites for hydroxylation is 2. The zero-order valence-electron chi connectivity index (χ0n) is 13.3. The van der Waals surface area contributed by atoms with E-state index in [2.05, 4.69) is 10.5 Å². The lowest BCUT2D eigenvalue weighted by atomic mass is 10.1. The lowest BCUT2D eigenvalue weighted by molar-refractivity contribution is 0.575. The van der Waals surface area contributed by atoms with Crippen LogP contribution in [0.5, 0.6) is 0 Å². The fourth-order valence-corrected chi connectivity index (χ4v) is 2.52. The molecular formula is C19H16Cl2N2O. The highest BCUT2D eigenvalue weighted by Gasteiger charge is 2.05. The molecule has 1 N–H and O–H groups in total. The molecule has 3 nitrogen and oxygen atoms in total. The Labute approximate surface area is 150 Å². The van der Waals surface area contributed by atoms with Crippen LogP contribution in [0.1, 0.15) is 16.9 Å². The van der Waals surface area contributed by atoms with Crippen molar-refractivity contribution in [3.05, 3.63) is 75.5 Å². The molecule has 0 saturated carbocycles. The van der Waals surface area contributed by atoms with Crippen LogP contribution < -0.4 is 5.43 Å². The van der Waals surface area contributed by atoms with Crippen LogP contribution in [0.2, 0.25) is 10.0 Å². The third-order valence-corrected chi connectivity index (χ3v) is 4.45. The minimum atomic E-state index is 0.646. The van der Waals surface area contributed by atoms with E-state index in [1.165, 1.54) is 0 Å². The Balaban J connectivity index is 1.71. The van der Waals surface area contributed by atoms with Gasteiger partial charge in [-0.15, -0.1) is 0 Å². The highest BCUT2D eigenvalue weighted by molar-refractivity contribution is 6.31. The van der Waals surface area contributed by atoms with Gasteiger partial charge in [-0.1, -0.05) is 41.4 Å². The first-order valence-electron chi connectivity index (χ1n) is 7.44. The molecule has 24 heavy (non-hydrogen) atoms. The van der Waals surface area contributed by atoms with Gasteiger partial charge < -0.3 is 4.42 Å². The zero-order chi connectivity index (χ0) is 17.1. The second-order valence-corrected chi connectivity index (χ2v) is 6.31. The normalized spacial score (nSPS) is 11.2. The molecular weight excluding hydrogens is 343 g/mol. The Morgan fingerprint density at radius 1 is 0.917 bits per heavy atom. The smallest absolute Gasteiger partial charge is 0.147 e. The molecule has 2 aromatic carbocycles. The van der Waals surface area contributed by atoms with E-state index in [-0.39, 0.29) is 0 Å². The average molecular weight is 359 g/mol. The van der Waals surface area contributed by atoms with Gasteiger partial charge in [-0.05, 0) is 55.3 Å². The number of benzene rings is 2. The molecule has 0 saturated heterocycles. The first-order chi connectivity index (χ1) is 11.5. The Morgan fingerprint density at radius 2 is 1.62 bits per heavy atom. The first-order valence-corrected chi connectivity index (χ1v) is 8.20. The Bertz CT molecular complexity index is 900. The molecule has 0 spiro atoms. The number of furan rings is 1. The minimum absolute atomic E-state index is 0.646. The zero-order valence-corrected chi connectivity index (χ0v) is 14.8. The molecule has 0 bridgehead atoms. The quantitative estimate of drug-likeness (QED) is 0.437. The number of halogens is 2. The first kappa shape index (κ1) is 16.6. The highest BCUT2D eigenvalue weighted by atomic mass is 35.5. The van der Waals surface area contributed by atoms with Crippen LogP contribution in [0.3, 0.4) is 0 Å². The van der Waals surface area contributed by atoms with E-state index >= 15 is 0 Å². The van der Waals surface area contributed by atoms with Crippen molar-refractivity contribution in [3.63, 3.8) is 0 Å². The molecule has 5 heteroatoms. The van der Waals surface area contributed by atoms with Crippen LogP contribution in [0.4, 0.5) is 5.69 Å². The monoisotopic (exact) mass is 358 g/mol. The molecule has 0 radical (unpaired) electrons. The van der Waals surface area contributed by atoms with Gasteiger partial charge in [0.25, 0.3) is 0 Å². The average Bonchev–Trinajstić information content (AvgIpc) is 3.02. The van der Waals surface area contributed by atoms with E-state index in [9.17, 15) is 0 Å². The van der Waals surface area contributed by atoms with Crippen molar-refractivity contribution in [1.29, 1.82) is 0 Å². The summed E-state index contributed by atoms with van der Waals surface area (Å²) in [6.07, 6.45) is 1.62. The van der Waals surface area contributed by atoms with Gasteiger partial charge in [0.2, 0.25) is 0 Å². The number of rotatable bonds is 4. The second kappa shape index (κ2) is 7.12. The summed E-state index contributed by atoms with van der Waals surface area (Å²) in [5, 5.41) is 5.59. The summed E-state index contributed by atoms with van der Waals surface area (Å²) >= 11 is 12.2. The van der Waals surface area contributed by atoms with Gasteiger partial charge in [-0.25, -0.2) is 0 Å². The van der Waals surface area contributed by atoms with Crippen molar-refractivity contribution in [2.24, 2.45) is 5.10 Å². The molecule has 0 atom stereocenters. The molecule has 3 aromatic rings. The van der Waals surface area contributed by atoms with E-state index in [0.29, 0.717) is 10.8 Å². The fourth-order valence-electron chi connectivity index (χ4n) is 2.16. The third kappa shape index (κ3) is 3.81. The SMILES string of the molecule is Cc1ccc(NN=Cc2ccc(-c3ccc(C)c(Cl)c3)o2)cc1Cl. The number of anilines is 1. The molecule has 0 aliphatic rings. The van der Waals surface area contributed by atoms with E-state index in [1.54, 1.807) is 6.21 Å². The number of nitrogens with zero attached hydrogens (tertiary/aromatic N) is 1. The number of hydrogen-bond acceptors (Lipinski definition) is 3. The largest absolute Gasteiger partial charge is 0.455 e. The number of hydrazone groups is 1. The van der Waals surface area contributed by atoms with Gasteiger partial charge in [-0.2, -0.15) is 5.10 Å². The van der Waals surface area contributed by atoms with Crippen molar-refractivity contribution in [2.75, 3.05) is 5.43 Å². The van der Waals surface area contributed by atoms with Gasteiger partial charge in [0, 0.05) is 15.6 Å². The van der Waals surface area contributed by atoms with E-state index in [4.69, 9.17) is 27.6 Å². The minimum Gasteiger partial charge on any atom is -0.455 e. The van der Waals surface area contributed by atoms with E-state index < -0.39 is 0 Å². The molecule has 0 amide bonds. The maximum atomic E-state index is 6.16. The summed E-state index contributed by atoms with van der Waals surface area (Å²) in [6.45, 7) is 3.92. The maximum absolute atomic E-state index is 6.16. The van der Waals surface area contributed by atoms with Crippen LogP contribution in [0, 0.1) is 13.8 Å². The van der Waals surface area contributed by atoms with Crippen LogP contribution in [0.25, 0.3) is 11.3 Å². The second-order valence-electron chi connectivity index (χ2n) is 5.50. The van der Waals surface area contributed by atoms with Gasteiger partial charge in [0.05, 0.1) is 11.9 Å². The number of nitrogens with one attached hydrogen (secondary N) is 1. The van der Waals surface area contributed by atoms with Crippen molar-refractivity contribution in [3.8, 4) is 11.3 Å². The Morgan fingerprint density at radius 3 is 2.33 bits per heavy atom. The van der Waals surface area contributed by atoms with Crippen LogP contribution in [0.15, 0.2) is 58.0 Å². The summed E-state index contributed by atoms with van der Waals surface area (Å²) in [6, 6.07) is 15.3. The van der Waals surface area contributed by atoms with Crippen LogP contribution in [-0.4, -0.2) is 6.21 Å².